The zero-order valence-corrected chi connectivity index (χ0v) is 14.8. The number of hydrogen-bond donors (Lipinski definition) is 1. The normalized spacial score (nSPS) is 17.2. The third-order valence-corrected chi connectivity index (χ3v) is 4.45. The zero-order valence-electron chi connectivity index (χ0n) is 14.1. The Morgan fingerprint density at radius 2 is 2.17 bits per heavy atom. The molecule has 0 radical (unpaired) electrons. The number of hydrogen-bond acceptors (Lipinski definition) is 3. The van der Waals surface area contributed by atoms with Crippen LogP contribution in [0.15, 0.2) is 42.5 Å². The van der Waals surface area contributed by atoms with Crippen LogP contribution in [0.25, 0.3) is 0 Å². The molecule has 2 aromatic carbocycles. The molecule has 0 aromatic heterocycles. The third kappa shape index (κ3) is 4.97. The van der Waals surface area contributed by atoms with Gasteiger partial charge in [-0.15, -0.1) is 0 Å². The molecule has 0 spiro atoms. The van der Waals surface area contributed by atoms with Gasteiger partial charge in [-0.3, -0.25) is 0 Å². The van der Waals surface area contributed by atoms with E-state index in [1.807, 2.05) is 18.2 Å². The molecule has 1 fully saturated rings. The van der Waals surface area contributed by atoms with E-state index in [-0.39, 0.29) is 0 Å². The molecule has 1 aliphatic heterocycles. The monoisotopic (exact) mass is 345 g/mol. The van der Waals surface area contributed by atoms with Crippen LogP contribution in [0, 0.1) is 6.92 Å². The number of rotatable bonds is 7. The Balaban J connectivity index is 1.59. The standard InChI is InChI=1S/C20H24ClNO2/c1-15-4-2-5-16(10-15)14-24-20-8-7-18(21)11-17(20)12-22-13-19-6-3-9-23-19/h2,4-5,7-8,10-11,19,22H,3,6,9,12-14H2,1H3/t19-/m1/s1. The fourth-order valence-corrected chi connectivity index (χ4v) is 3.16. The summed E-state index contributed by atoms with van der Waals surface area (Å²) < 4.78 is 11.7. The van der Waals surface area contributed by atoms with Crippen LogP contribution in [0.4, 0.5) is 0 Å². The summed E-state index contributed by atoms with van der Waals surface area (Å²) in [6, 6.07) is 14.2. The van der Waals surface area contributed by atoms with Crippen molar-refractivity contribution in [1.82, 2.24) is 5.32 Å². The average molecular weight is 346 g/mol. The van der Waals surface area contributed by atoms with Crippen molar-refractivity contribution in [2.75, 3.05) is 13.2 Å². The van der Waals surface area contributed by atoms with Crippen molar-refractivity contribution in [2.45, 2.75) is 39.0 Å². The van der Waals surface area contributed by atoms with Gasteiger partial charge in [0.05, 0.1) is 6.10 Å². The van der Waals surface area contributed by atoms with Crippen LogP contribution in [0.3, 0.4) is 0 Å². The lowest BCUT2D eigenvalue weighted by Crippen LogP contribution is -2.26. The van der Waals surface area contributed by atoms with Gasteiger partial charge in [0.25, 0.3) is 0 Å². The number of nitrogens with one attached hydrogen (secondary N) is 1. The zero-order chi connectivity index (χ0) is 16.8. The molecule has 24 heavy (non-hydrogen) atoms. The summed E-state index contributed by atoms with van der Waals surface area (Å²) in [6.45, 7) is 5.12. The maximum atomic E-state index is 6.15. The van der Waals surface area contributed by atoms with E-state index in [0.29, 0.717) is 12.7 Å². The first-order chi connectivity index (χ1) is 11.7. The van der Waals surface area contributed by atoms with Crippen LogP contribution < -0.4 is 10.1 Å². The molecular weight excluding hydrogens is 322 g/mol. The molecule has 0 unspecified atom stereocenters. The fourth-order valence-electron chi connectivity index (χ4n) is 2.96. The first-order valence-electron chi connectivity index (χ1n) is 8.50. The summed E-state index contributed by atoms with van der Waals surface area (Å²) in [7, 11) is 0. The highest BCUT2D eigenvalue weighted by Gasteiger charge is 2.15. The molecule has 3 nitrogen and oxygen atoms in total. The number of halogens is 1. The van der Waals surface area contributed by atoms with Crippen LogP contribution in [-0.2, 0) is 17.9 Å². The maximum absolute atomic E-state index is 6.15. The van der Waals surface area contributed by atoms with E-state index in [2.05, 4.69) is 36.5 Å². The van der Waals surface area contributed by atoms with Crippen LogP contribution in [-0.4, -0.2) is 19.3 Å². The molecule has 128 valence electrons. The van der Waals surface area contributed by atoms with Crippen molar-refractivity contribution >= 4 is 11.6 Å². The van der Waals surface area contributed by atoms with Crippen LogP contribution in [0.1, 0.15) is 29.5 Å². The van der Waals surface area contributed by atoms with E-state index in [4.69, 9.17) is 21.1 Å². The van der Waals surface area contributed by atoms with E-state index in [1.54, 1.807) is 0 Å². The Hall–Kier alpha value is -1.55. The van der Waals surface area contributed by atoms with Gasteiger partial charge in [0.15, 0.2) is 0 Å². The predicted molar refractivity (Wildman–Crippen MR) is 97.6 cm³/mol. The quantitative estimate of drug-likeness (QED) is 0.801. The molecule has 4 heteroatoms. The van der Waals surface area contributed by atoms with Crippen molar-refractivity contribution < 1.29 is 9.47 Å². The van der Waals surface area contributed by atoms with Crippen LogP contribution in [0.2, 0.25) is 5.02 Å². The lowest BCUT2D eigenvalue weighted by molar-refractivity contribution is 0.110. The average Bonchev–Trinajstić information content (AvgIpc) is 3.07. The Labute approximate surface area is 148 Å². The summed E-state index contributed by atoms with van der Waals surface area (Å²) in [5.41, 5.74) is 3.49. The maximum Gasteiger partial charge on any atom is 0.124 e. The summed E-state index contributed by atoms with van der Waals surface area (Å²) in [5, 5.41) is 4.18. The molecule has 0 amide bonds. The molecule has 1 atom stereocenters. The molecule has 2 aromatic rings. The lowest BCUT2D eigenvalue weighted by atomic mass is 10.1. The first kappa shape index (κ1) is 17.3. The van der Waals surface area contributed by atoms with Crippen molar-refractivity contribution in [3.05, 3.63) is 64.2 Å². The lowest BCUT2D eigenvalue weighted by Gasteiger charge is -2.15. The van der Waals surface area contributed by atoms with Crippen molar-refractivity contribution in [3.8, 4) is 5.75 Å². The fraction of sp³-hybridized carbons (Fsp3) is 0.400. The number of ether oxygens (including phenoxy) is 2. The van der Waals surface area contributed by atoms with E-state index in [9.17, 15) is 0 Å². The van der Waals surface area contributed by atoms with E-state index < -0.39 is 0 Å². The molecule has 0 aliphatic carbocycles. The van der Waals surface area contributed by atoms with Gasteiger partial charge in [-0.2, -0.15) is 0 Å². The van der Waals surface area contributed by atoms with Crippen LogP contribution in [0.5, 0.6) is 5.75 Å². The van der Waals surface area contributed by atoms with E-state index >= 15 is 0 Å². The van der Waals surface area contributed by atoms with Gasteiger partial charge < -0.3 is 14.8 Å². The van der Waals surface area contributed by atoms with Gasteiger partial charge in [0.1, 0.15) is 12.4 Å². The summed E-state index contributed by atoms with van der Waals surface area (Å²) in [4.78, 5) is 0. The predicted octanol–water partition coefficient (Wildman–Crippen LogP) is 4.50. The van der Waals surface area contributed by atoms with Crippen molar-refractivity contribution in [2.24, 2.45) is 0 Å². The second kappa shape index (κ2) is 8.52. The summed E-state index contributed by atoms with van der Waals surface area (Å²) >= 11 is 6.15. The summed E-state index contributed by atoms with van der Waals surface area (Å²) in [5.74, 6) is 0.876. The highest BCUT2D eigenvalue weighted by molar-refractivity contribution is 6.30. The van der Waals surface area contributed by atoms with Gasteiger partial charge in [0, 0.05) is 30.3 Å². The van der Waals surface area contributed by atoms with Gasteiger partial charge in [-0.05, 0) is 43.5 Å². The van der Waals surface area contributed by atoms with Gasteiger partial charge in [-0.25, -0.2) is 0 Å². The molecular formula is C20H24ClNO2. The second-order valence-electron chi connectivity index (χ2n) is 6.30. The minimum Gasteiger partial charge on any atom is -0.489 e. The van der Waals surface area contributed by atoms with Crippen LogP contribution >= 0.6 is 11.6 Å². The molecule has 0 saturated carbocycles. The topological polar surface area (TPSA) is 30.5 Å². The van der Waals surface area contributed by atoms with E-state index in [1.165, 1.54) is 11.1 Å². The molecule has 1 aliphatic rings. The smallest absolute Gasteiger partial charge is 0.124 e. The highest BCUT2D eigenvalue weighted by Crippen LogP contribution is 2.24. The Morgan fingerprint density at radius 1 is 1.25 bits per heavy atom. The third-order valence-electron chi connectivity index (χ3n) is 4.21. The van der Waals surface area contributed by atoms with Gasteiger partial charge in [-0.1, -0.05) is 41.4 Å². The Kier molecular flexibility index (Phi) is 6.13. The minimum absolute atomic E-state index is 0.334. The molecule has 1 heterocycles. The largest absolute Gasteiger partial charge is 0.489 e. The molecule has 1 saturated heterocycles. The SMILES string of the molecule is Cc1cccc(COc2ccc(Cl)cc2CNC[C@H]2CCCO2)c1. The highest BCUT2D eigenvalue weighted by atomic mass is 35.5. The van der Waals surface area contributed by atoms with Gasteiger partial charge in [0.2, 0.25) is 0 Å². The number of aryl methyl sites for hydroxylation is 1. The van der Waals surface area contributed by atoms with Crippen molar-refractivity contribution in [1.29, 1.82) is 0 Å². The first-order valence-corrected chi connectivity index (χ1v) is 8.87. The Morgan fingerprint density at radius 3 is 2.96 bits per heavy atom. The molecule has 0 bridgehead atoms. The Bertz CT molecular complexity index is 668. The van der Waals surface area contributed by atoms with Gasteiger partial charge >= 0.3 is 0 Å². The minimum atomic E-state index is 0.334. The van der Waals surface area contributed by atoms with E-state index in [0.717, 1.165) is 48.9 Å². The molecule has 3 rings (SSSR count). The number of benzene rings is 2. The van der Waals surface area contributed by atoms with Crippen molar-refractivity contribution in [3.63, 3.8) is 0 Å². The second-order valence-corrected chi connectivity index (χ2v) is 6.73. The molecule has 1 N–H and O–H groups in total. The summed E-state index contributed by atoms with van der Waals surface area (Å²) in [6.07, 6.45) is 2.63.